The first-order chi connectivity index (χ1) is 18.9. The highest BCUT2D eigenvalue weighted by Gasteiger charge is 2.38. The summed E-state index contributed by atoms with van der Waals surface area (Å²) in [5.74, 6) is 1.52. The predicted octanol–water partition coefficient (Wildman–Crippen LogP) is 6.03. The highest BCUT2D eigenvalue weighted by Crippen LogP contribution is 2.35. The molecule has 0 N–H and O–H groups in total. The zero-order chi connectivity index (χ0) is 27.8. The fraction of sp³-hybridized carbons (Fsp3) is 0.452. The van der Waals surface area contributed by atoms with Gasteiger partial charge in [-0.25, -0.2) is 9.78 Å². The molecule has 1 saturated heterocycles. The summed E-state index contributed by atoms with van der Waals surface area (Å²) in [5, 5.41) is 0. The van der Waals surface area contributed by atoms with Crippen LogP contribution in [-0.4, -0.2) is 54.9 Å². The van der Waals surface area contributed by atoms with Gasteiger partial charge in [0.05, 0.1) is 31.4 Å². The minimum Gasteiger partial charge on any atom is -0.493 e. The molecule has 208 valence electrons. The van der Waals surface area contributed by atoms with Crippen molar-refractivity contribution in [3.63, 3.8) is 0 Å². The molecule has 8 heteroatoms. The summed E-state index contributed by atoms with van der Waals surface area (Å²) in [7, 11) is 0. The first-order valence-corrected chi connectivity index (χ1v) is 13.7. The molecular formula is C31H38N2O6. The number of rotatable bonds is 10. The molecular weight excluding hydrogens is 496 g/mol. The number of carbonyl (C=O) groups excluding carboxylic acids is 2. The first kappa shape index (κ1) is 28.2. The summed E-state index contributed by atoms with van der Waals surface area (Å²) in [6.45, 7) is 9.65. The molecule has 0 saturated carbocycles. The number of likely N-dealkylation sites (tertiary alicyclic amines) is 1. The Balaban J connectivity index is 1.43. The number of amides is 1. The summed E-state index contributed by atoms with van der Waals surface area (Å²) in [4.78, 5) is 31.9. The van der Waals surface area contributed by atoms with Crippen molar-refractivity contribution in [3.8, 4) is 17.2 Å². The van der Waals surface area contributed by atoms with E-state index in [0.29, 0.717) is 57.4 Å². The average molecular weight is 535 g/mol. The van der Waals surface area contributed by atoms with Crippen LogP contribution >= 0.6 is 0 Å². The van der Waals surface area contributed by atoms with Crippen molar-refractivity contribution < 1.29 is 28.2 Å². The van der Waals surface area contributed by atoms with Crippen molar-refractivity contribution in [1.29, 1.82) is 0 Å². The quantitative estimate of drug-likeness (QED) is 0.293. The van der Waals surface area contributed by atoms with Crippen molar-refractivity contribution in [2.45, 2.75) is 46.5 Å². The molecule has 0 bridgehead atoms. The maximum Gasteiger partial charge on any atom is 0.409 e. The van der Waals surface area contributed by atoms with Gasteiger partial charge in [0.25, 0.3) is 0 Å². The van der Waals surface area contributed by atoms with Crippen LogP contribution in [0.1, 0.15) is 50.1 Å². The number of aryl methyl sites for hydroxylation is 1. The lowest BCUT2D eigenvalue weighted by molar-refractivity contribution is -0.150. The summed E-state index contributed by atoms with van der Waals surface area (Å²) in [6.07, 6.45) is 0.762. The van der Waals surface area contributed by atoms with Crippen LogP contribution in [0.3, 0.4) is 0 Å². The van der Waals surface area contributed by atoms with Gasteiger partial charge in [0.15, 0.2) is 0 Å². The van der Waals surface area contributed by atoms with Gasteiger partial charge in [-0.3, -0.25) is 4.79 Å². The van der Waals surface area contributed by atoms with Crippen LogP contribution in [0.2, 0.25) is 0 Å². The highest BCUT2D eigenvalue weighted by molar-refractivity contribution is 5.75. The largest absolute Gasteiger partial charge is 0.493 e. The second kappa shape index (κ2) is 13.3. The number of nitrogens with zero attached hydrogens (tertiary/aromatic N) is 2. The molecule has 2 heterocycles. The van der Waals surface area contributed by atoms with Crippen molar-refractivity contribution in [2.24, 2.45) is 11.8 Å². The topological polar surface area (TPSA) is 91.1 Å². The van der Waals surface area contributed by atoms with Gasteiger partial charge in [0.1, 0.15) is 11.5 Å². The molecule has 2 atom stereocenters. The molecule has 0 radical (unpaired) electrons. The molecule has 1 amide bonds. The fourth-order valence-corrected chi connectivity index (χ4v) is 4.78. The molecule has 39 heavy (non-hydrogen) atoms. The van der Waals surface area contributed by atoms with Crippen LogP contribution < -0.4 is 4.74 Å². The van der Waals surface area contributed by atoms with Crippen molar-refractivity contribution >= 4 is 12.1 Å². The lowest BCUT2D eigenvalue weighted by atomic mass is 9.80. The number of hydrogen-bond donors (Lipinski definition) is 0. The minimum absolute atomic E-state index is 0.223. The predicted molar refractivity (Wildman–Crippen MR) is 148 cm³/mol. The van der Waals surface area contributed by atoms with E-state index < -0.39 is 0 Å². The first-order valence-electron chi connectivity index (χ1n) is 13.7. The number of carbonyl (C=O) groups is 2. The Labute approximate surface area is 230 Å². The Morgan fingerprint density at radius 1 is 1.10 bits per heavy atom. The van der Waals surface area contributed by atoms with E-state index in [1.54, 1.807) is 11.8 Å². The molecule has 3 aromatic rings. The molecule has 2 aromatic carbocycles. The molecule has 1 aliphatic rings. The van der Waals surface area contributed by atoms with E-state index in [4.69, 9.17) is 18.6 Å². The van der Waals surface area contributed by atoms with Gasteiger partial charge in [0, 0.05) is 31.0 Å². The van der Waals surface area contributed by atoms with E-state index in [-0.39, 0.29) is 29.8 Å². The Morgan fingerprint density at radius 2 is 1.90 bits per heavy atom. The average Bonchev–Trinajstić information content (AvgIpc) is 3.32. The third-order valence-electron chi connectivity index (χ3n) is 6.81. The monoisotopic (exact) mass is 534 g/mol. The van der Waals surface area contributed by atoms with Crippen LogP contribution in [-0.2, 0) is 20.7 Å². The second-order valence-electron chi connectivity index (χ2n) is 10.2. The molecule has 1 fully saturated rings. The summed E-state index contributed by atoms with van der Waals surface area (Å²) < 4.78 is 22.8. The maximum absolute atomic E-state index is 12.8. The second-order valence-corrected chi connectivity index (χ2v) is 10.2. The smallest absolute Gasteiger partial charge is 0.409 e. The summed E-state index contributed by atoms with van der Waals surface area (Å²) in [5.41, 5.74) is 2.72. The number of aromatic nitrogens is 1. The number of hydrogen-bond acceptors (Lipinski definition) is 7. The van der Waals surface area contributed by atoms with E-state index in [0.717, 1.165) is 22.6 Å². The maximum atomic E-state index is 12.8. The SMILES string of the molecule is CCOC(=O)[C@H]1CCN(C(=O)OCC(C)C)C[C@H]1c1cccc(OCCc2nc(-c3ccccc3)oc2C)c1. The summed E-state index contributed by atoms with van der Waals surface area (Å²) >= 11 is 0. The van der Waals surface area contributed by atoms with Gasteiger partial charge in [-0.05, 0) is 56.0 Å². The molecule has 4 rings (SSSR count). The van der Waals surface area contributed by atoms with Crippen LogP contribution in [0.4, 0.5) is 4.79 Å². The Hall–Kier alpha value is -3.81. The lowest BCUT2D eigenvalue weighted by Crippen LogP contribution is -2.45. The van der Waals surface area contributed by atoms with Crippen LogP contribution in [0.15, 0.2) is 59.0 Å². The Morgan fingerprint density at radius 3 is 2.64 bits per heavy atom. The molecule has 0 aliphatic carbocycles. The molecule has 0 unspecified atom stereocenters. The third-order valence-corrected chi connectivity index (χ3v) is 6.81. The molecule has 1 aliphatic heterocycles. The van der Waals surface area contributed by atoms with E-state index in [9.17, 15) is 9.59 Å². The number of oxazole rings is 1. The fourth-order valence-electron chi connectivity index (χ4n) is 4.78. The molecule has 8 nitrogen and oxygen atoms in total. The van der Waals surface area contributed by atoms with Crippen molar-refractivity contribution in [2.75, 3.05) is 32.9 Å². The van der Waals surface area contributed by atoms with E-state index in [1.807, 2.05) is 75.4 Å². The van der Waals surface area contributed by atoms with Crippen LogP contribution in [0.25, 0.3) is 11.5 Å². The Kier molecular flexibility index (Phi) is 9.63. The van der Waals surface area contributed by atoms with Gasteiger partial charge in [-0.2, -0.15) is 0 Å². The van der Waals surface area contributed by atoms with E-state index in [2.05, 4.69) is 4.98 Å². The summed E-state index contributed by atoms with van der Waals surface area (Å²) in [6, 6.07) is 17.5. The molecule has 1 aromatic heterocycles. The van der Waals surface area contributed by atoms with Crippen molar-refractivity contribution in [1.82, 2.24) is 9.88 Å². The third kappa shape index (κ3) is 7.40. The Bertz CT molecular complexity index is 1240. The van der Waals surface area contributed by atoms with Crippen LogP contribution in [0, 0.1) is 18.8 Å². The minimum atomic E-state index is -0.346. The zero-order valence-electron chi connectivity index (χ0n) is 23.2. The highest BCUT2D eigenvalue weighted by atomic mass is 16.6. The van der Waals surface area contributed by atoms with Crippen LogP contribution in [0.5, 0.6) is 5.75 Å². The number of ether oxygens (including phenoxy) is 3. The van der Waals surface area contributed by atoms with E-state index in [1.165, 1.54) is 0 Å². The normalized spacial score (nSPS) is 17.2. The standard InChI is InChI=1S/C31H38N2O6/c1-5-36-30(34)26-14-16-33(31(35)38-20-21(2)3)19-27(26)24-12-9-13-25(18-24)37-17-15-28-22(4)39-29(32-28)23-10-7-6-8-11-23/h6-13,18,21,26-27H,5,14-17,19-20H2,1-4H3/t26-,27-/m0/s1. The number of esters is 1. The van der Waals surface area contributed by atoms with Crippen molar-refractivity contribution in [3.05, 3.63) is 71.6 Å². The zero-order valence-corrected chi connectivity index (χ0v) is 23.2. The molecule has 0 spiro atoms. The van der Waals surface area contributed by atoms with Gasteiger partial charge < -0.3 is 23.5 Å². The van der Waals surface area contributed by atoms with Gasteiger partial charge in [0.2, 0.25) is 5.89 Å². The van der Waals surface area contributed by atoms with Gasteiger partial charge in [-0.15, -0.1) is 0 Å². The van der Waals surface area contributed by atoms with E-state index >= 15 is 0 Å². The van der Waals surface area contributed by atoms with Gasteiger partial charge in [-0.1, -0.05) is 44.2 Å². The lowest BCUT2D eigenvalue weighted by Gasteiger charge is -2.37. The van der Waals surface area contributed by atoms with Gasteiger partial charge >= 0.3 is 12.1 Å². The number of benzene rings is 2. The number of piperidine rings is 1.